The van der Waals surface area contributed by atoms with Crippen molar-refractivity contribution in [3.05, 3.63) is 59.3 Å². The zero-order valence-electron chi connectivity index (χ0n) is 16.1. The summed E-state index contributed by atoms with van der Waals surface area (Å²) >= 11 is 1.60. The van der Waals surface area contributed by atoms with Crippen molar-refractivity contribution in [2.75, 3.05) is 5.75 Å². The van der Waals surface area contributed by atoms with Gasteiger partial charge in [-0.1, -0.05) is 30.3 Å². The monoisotopic (exact) mass is 398 g/mol. The van der Waals surface area contributed by atoms with E-state index in [1.807, 2.05) is 37.3 Å². The van der Waals surface area contributed by atoms with Gasteiger partial charge in [0.15, 0.2) is 0 Å². The summed E-state index contributed by atoms with van der Waals surface area (Å²) in [6, 6.07) is 14.0. The molecule has 0 radical (unpaired) electrons. The molecule has 6 heteroatoms. The number of pyridine rings is 1. The lowest BCUT2D eigenvalue weighted by Gasteiger charge is -2.27. The Kier molecular flexibility index (Phi) is 7.09. The van der Waals surface area contributed by atoms with Crippen molar-refractivity contribution in [2.45, 2.75) is 50.1 Å². The number of amides is 1. The molecule has 0 spiro atoms. The number of aromatic nitrogens is 1. The van der Waals surface area contributed by atoms with Gasteiger partial charge in [-0.3, -0.25) is 9.59 Å². The van der Waals surface area contributed by atoms with Gasteiger partial charge < -0.3 is 10.4 Å². The van der Waals surface area contributed by atoms with E-state index in [0.717, 1.165) is 22.9 Å². The molecule has 28 heavy (non-hydrogen) atoms. The van der Waals surface area contributed by atoms with E-state index >= 15 is 0 Å². The molecular formula is C22H26N2O3S. The highest BCUT2D eigenvalue weighted by molar-refractivity contribution is 7.99. The van der Waals surface area contributed by atoms with E-state index < -0.39 is 5.97 Å². The largest absolute Gasteiger partial charge is 0.481 e. The van der Waals surface area contributed by atoms with Crippen LogP contribution < -0.4 is 5.32 Å². The van der Waals surface area contributed by atoms with Gasteiger partial charge in [0.2, 0.25) is 0 Å². The van der Waals surface area contributed by atoms with Crippen molar-refractivity contribution in [3.63, 3.8) is 0 Å². The number of hydrogen-bond donors (Lipinski definition) is 2. The quantitative estimate of drug-likeness (QED) is 0.687. The van der Waals surface area contributed by atoms with Crippen LogP contribution in [-0.2, 0) is 11.2 Å². The number of carbonyl (C=O) groups is 2. The Labute approximate surface area is 170 Å². The molecule has 2 aromatic rings. The minimum absolute atomic E-state index is 0.0339. The van der Waals surface area contributed by atoms with E-state index in [9.17, 15) is 9.59 Å². The Hall–Kier alpha value is -2.34. The average molecular weight is 399 g/mol. The normalized spacial score (nSPS) is 19.2. The zero-order chi connectivity index (χ0) is 19.9. The Morgan fingerprint density at radius 1 is 1.11 bits per heavy atom. The summed E-state index contributed by atoms with van der Waals surface area (Å²) in [4.78, 5) is 28.5. The van der Waals surface area contributed by atoms with E-state index in [2.05, 4.69) is 22.4 Å². The molecule has 1 aliphatic rings. The number of nitrogens with zero attached hydrogens (tertiary/aromatic N) is 1. The van der Waals surface area contributed by atoms with Crippen LogP contribution in [-0.4, -0.2) is 33.8 Å². The lowest BCUT2D eigenvalue weighted by atomic mass is 9.86. The van der Waals surface area contributed by atoms with Crippen molar-refractivity contribution in [2.24, 2.45) is 5.92 Å². The third kappa shape index (κ3) is 5.58. The SMILES string of the molecule is Cc1ccc(C(=O)NC2CCC(C(=O)O)CC2)c(SCCc2ccccc2)n1. The lowest BCUT2D eigenvalue weighted by Crippen LogP contribution is -2.39. The maximum atomic E-state index is 12.8. The predicted octanol–water partition coefficient (Wildman–Crippen LogP) is 4.10. The number of benzene rings is 1. The molecule has 2 N–H and O–H groups in total. The van der Waals surface area contributed by atoms with Crippen molar-refractivity contribution < 1.29 is 14.7 Å². The molecule has 1 fully saturated rings. The van der Waals surface area contributed by atoms with Gasteiger partial charge in [0, 0.05) is 17.5 Å². The van der Waals surface area contributed by atoms with Gasteiger partial charge in [-0.15, -0.1) is 11.8 Å². The molecule has 0 unspecified atom stereocenters. The molecule has 1 aromatic carbocycles. The lowest BCUT2D eigenvalue weighted by molar-refractivity contribution is -0.142. The van der Waals surface area contributed by atoms with Crippen LogP contribution in [0.5, 0.6) is 0 Å². The Bertz CT molecular complexity index is 818. The summed E-state index contributed by atoms with van der Waals surface area (Å²) in [7, 11) is 0. The summed E-state index contributed by atoms with van der Waals surface area (Å²) in [6.45, 7) is 1.93. The predicted molar refractivity (Wildman–Crippen MR) is 111 cm³/mol. The van der Waals surface area contributed by atoms with Crippen LogP contribution in [0.1, 0.15) is 47.3 Å². The van der Waals surface area contributed by atoms with Crippen LogP contribution in [0.15, 0.2) is 47.5 Å². The summed E-state index contributed by atoms with van der Waals surface area (Å²) in [5, 5.41) is 12.9. The van der Waals surface area contributed by atoms with Crippen LogP contribution in [0.4, 0.5) is 0 Å². The van der Waals surface area contributed by atoms with Crippen LogP contribution in [0, 0.1) is 12.8 Å². The minimum Gasteiger partial charge on any atom is -0.481 e. The molecule has 0 atom stereocenters. The number of carbonyl (C=O) groups excluding carboxylic acids is 1. The fourth-order valence-corrected chi connectivity index (χ4v) is 4.53. The van der Waals surface area contributed by atoms with Crippen LogP contribution in [0.3, 0.4) is 0 Å². The molecule has 1 aromatic heterocycles. The first-order valence-corrected chi connectivity index (χ1v) is 10.7. The summed E-state index contributed by atoms with van der Waals surface area (Å²) < 4.78 is 0. The van der Waals surface area contributed by atoms with Crippen LogP contribution in [0.2, 0.25) is 0 Å². The summed E-state index contributed by atoms with van der Waals surface area (Å²) in [5.74, 6) is -0.277. The van der Waals surface area contributed by atoms with E-state index in [0.29, 0.717) is 31.2 Å². The third-order valence-electron chi connectivity index (χ3n) is 5.13. The van der Waals surface area contributed by atoms with Gasteiger partial charge in [-0.2, -0.15) is 0 Å². The second-order valence-corrected chi connectivity index (χ2v) is 8.33. The molecule has 1 heterocycles. The van der Waals surface area contributed by atoms with Gasteiger partial charge in [0.25, 0.3) is 5.91 Å². The van der Waals surface area contributed by atoms with Crippen LogP contribution >= 0.6 is 11.8 Å². The number of carboxylic acid groups (broad SMARTS) is 1. The zero-order valence-corrected chi connectivity index (χ0v) is 16.9. The molecule has 1 aliphatic carbocycles. The van der Waals surface area contributed by atoms with Crippen molar-refractivity contribution in [1.82, 2.24) is 10.3 Å². The third-order valence-corrected chi connectivity index (χ3v) is 6.12. The number of aliphatic carboxylic acids is 1. The molecule has 0 bridgehead atoms. The molecule has 1 saturated carbocycles. The fraction of sp³-hybridized carbons (Fsp3) is 0.409. The Balaban J connectivity index is 1.59. The molecule has 1 amide bonds. The second-order valence-electron chi connectivity index (χ2n) is 7.25. The number of hydrogen-bond acceptors (Lipinski definition) is 4. The topological polar surface area (TPSA) is 79.3 Å². The second kappa shape index (κ2) is 9.73. The molecule has 5 nitrogen and oxygen atoms in total. The van der Waals surface area contributed by atoms with Gasteiger partial charge >= 0.3 is 5.97 Å². The highest BCUT2D eigenvalue weighted by Crippen LogP contribution is 2.26. The van der Waals surface area contributed by atoms with E-state index in [1.165, 1.54) is 5.56 Å². The minimum atomic E-state index is -0.732. The Morgan fingerprint density at radius 3 is 2.50 bits per heavy atom. The standard InChI is InChI=1S/C22H26N2O3S/c1-15-7-12-19(20(25)24-18-10-8-17(9-11-18)22(26)27)21(23-15)28-14-13-16-5-3-2-4-6-16/h2-7,12,17-18H,8-11,13-14H2,1H3,(H,24,25)(H,26,27). The van der Waals surface area contributed by atoms with Crippen molar-refractivity contribution in [3.8, 4) is 0 Å². The first-order chi connectivity index (χ1) is 13.5. The molecule has 148 valence electrons. The van der Waals surface area contributed by atoms with Crippen molar-refractivity contribution in [1.29, 1.82) is 0 Å². The number of carboxylic acids is 1. The van der Waals surface area contributed by atoms with E-state index in [4.69, 9.17) is 5.11 Å². The van der Waals surface area contributed by atoms with Gasteiger partial charge in [-0.05, 0) is 56.7 Å². The van der Waals surface area contributed by atoms with E-state index in [-0.39, 0.29) is 17.9 Å². The highest BCUT2D eigenvalue weighted by atomic mass is 32.2. The fourth-order valence-electron chi connectivity index (χ4n) is 3.47. The first-order valence-electron chi connectivity index (χ1n) is 9.71. The molecule has 0 saturated heterocycles. The molecular weight excluding hydrogens is 372 g/mol. The highest BCUT2D eigenvalue weighted by Gasteiger charge is 2.27. The van der Waals surface area contributed by atoms with Gasteiger partial charge in [0.05, 0.1) is 11.5 Å². The van der Waals surface area contributed by atoms with Gasteiger partial charge in [0.1, 0.15) is 5.03 Å². The number of rotatable bonds is 7. The number of nitrogens with one attached hydrogen (secondary N) is 1. The first kappa shape index (κ1) is 20.4. The van der Waals surface area contributed by atoms with Crippen LogP contribution in [0.25, 0.3) is 0 Å². The number of thioether (sulfide) groups is 1. The number of aryl methyl sites for hydroxylation is 2. The average Bonchev–Trinajstić information content (AvgIpc) is 2.69. The summed E-state index contributed by atoms with van der Waals surface area (Å²) in [5.41, 5.74) is 2.76. The van der Waals surface area contributed by atoms with Gasteiger partial charge in [-0.25, -0.2) is 4.98 Å². The Morgan fingerprint density at radius 2 is 1.82 bits per heavy atom. The molecule has 3 rings (SSSR count). The van der Waals surface area contributed by atoms with Crippen molar-refractivity contribution >= 4 is 23.6 Å². The summed E-state index contributed by atoms with van der Waals surface area (Å²) in [6.07, 6.45) is 3.56. The molecule has 0 aliphatic heterocycles. The maximum absolute atomic E-state index is 12.8. The maximum Gasteiger partial charge on any atom is 0.306 e. The van der Waals surface area contributed by atoms with E-state index in [1.54, 1.807) is 11.8 Å². The smallest absolute Gasteiger partial charge is 0.306 e.